The van der Waals surface area contributed by atoms with E-state index in [4.69, 9.17) is 4.74 Å². The molecule has 0 saturated carbocycles. The van der Waals surface area contributed by atoms with Crippen molar-refractivity contribution in [2.75, 3.05) is 5.32 Å². The lowest BCUT2D eigenvalue weighted by molar-refractivity contribution is 0.282. The van der Waals surface area contributed by atoms with Gasteiger partial charge in [0, 0.05) is 11.3 Å². The van der Waals surface area contributed by atoms with Crippen LogP contribution in [-0.4, -0.2) is 6.02 Å². The van der Waals surface area contributed by atoms with Crippen LogP contribution in [0.3, 0.4) is 0 Å². The molecule has 0 aromatic heterocycles. The van der Waals surface area contributed by atoms with E-state index in [1.54, 1.807) is 6.07 Å². The fourth-order valence-corrected chi connectivity index (χ4v) is 2.97. The Balaban J connectivity index is 1.60. The minimum atomic E-state index is -0.178. The van der Waals surface area contributed by atoms with Crippen LogP contribution in [0.25, 0.3) is 0 Å². The third kappa shape index (κ3) is 2.27. The molecule has 3 nitrogen and oxygen atoms in total. The van der Waals surface area contributed by atoms with Gasteiger partial charge in [-0.1, -0.05) is 24.3 Å². The van der Waals surface area contributed by atoms with Crippen LogP contribution in [0.15, 0.2) is 47.5 Å². The van der Waals surface area contributed by atoms with Gasteiger partial charge in [-0.2, -0.15) is 0 Å². The highest BCUT2D eigenvalue weighted by atomic mass is 19.1. The number of fused-ring (bicyclic) bond motifs is 2. The number of benzene rings is 2. The number of ether oxygens (including phenoxy) is 1. The Kier molecular flexibility index (Phi) is 2.88. The second-order valence-electron chi connectivity index (χ2n) is 5.40. The maximum Gasteiger partial charge on any atom is 0.290 e. The summed E-state index contributed by atoms with van der Waals surface area (Å²) in [6, 6.07) is 13.6. The number of hydrogen-bond acceptors (Lipinski definition) is 2. The number of rotatable bonds is 1. The number of hydrogen-bond donors (Lipinski definition) is 1. The van der Waals surface area contributed by atoms with Crippen LogP contribution in [0.1, 0.15) is 29.2 Å². The van der Waals surface area contributed by atoms with Crippen molar-refractivity contribution in [1.82, 2.24) is 0 Å². The Morgan fingerprint density at radius 2 is 2.05 bits per heavy atom. The van der Waals surface area contributed by atoms with E-state index in [9.17, 15) is 4.39 Å². The molecule has 1 heterocycles. The molecule has 4 rings (SSSR count). The molecule has 0 spiro atoms. The molecule has 1 aliphatic carbocycles. The highest BCUT2D eigenvalue weighted by Crippen LogP contribution is 2.35. The van der Waals surface area contributed by atoms with Gasteiger partial charge in [0.1, 0.15) is 12.4 Å². The number of nitrogens with zero attached hydrogens (tertiary/aromatic N) is 1. The zero-order valence-electron chi connectivity index (χ0n) is 11.5. The molecule has 1 aliphatic heterocycles. The summed E-state index contributed by atoms with van der Waals surface area (Å²) in [6.07, 6.45) is 1.76. The van der Waals surface area contributed by atoms with Gasteiger partial charge < -0.3 is 10.1 Å². The Bertz CT molecular complexity index is 726. The standard InChI is InChI=1S/C17H15FN2O/c18-13-6-7-14-11(9-13)5-8-16(14)20-17-19-15-4-2-1-3-12(15)10-21-17/h1-4,6-7,9,16H,5,8,10H2,(H,19,20). The summed E-state index contributed by atoms with van der Waals surface area (Å²) in [6.45, 7) is 0.533. The van der Waals surface area contributed by atoms with Crippen LogP contribution in [0.4, 0.5) is 10.1 Å². The van der Waals surface area contributed by atoms with Crippen LogP contribution in [-0.2, 0) is 17.8 Å². The molecule has 0 bridgehead atoms. The van der Waals surface area contributed by atoms with Gasteiger partial charge in [-0.25, -0.2) is 9.38 Å². The molecule has 1 unspecified atom stereocenters. The monoisotopic (exact) mass is 282 g/mol. The summed E-state index contributed by atoms with van der Waals surface area (Å²) in [4.78, 5) is 4.67. The summed E-state index contributed by atoms with van der Waals surface area (Å²) in [5.74, 6) is -0.178. The molecule has 2 aromatic rings. The summed E-state index contributed by atoms with van der Waals surface area (Å²) in [5.41, 5.74) is 4.33. The van der Waals surface area contributed by atoms with Crippen molar-refractivity contribution in [2.45, 2.75) is 25.5 Å². The van der Waals surface area contributed by atoms with Gasteiger partial charge in [-0.05, 0) is 42.2 Å². The van der Waals surface area contributed by atoms with E-state index in [-0.39, 0.29) is 11.9 Å². The quantitative estimate of drug-likeness (QED) is 0.863. The lowest BCUT2D eigenvalue weighted by Crippen LogP contribution is -2.23. The van der Waals surface area contributed by atoms with E-state index >= 15 is 0 Å². The molecule has 106 valence electrons. The average Bonchev–Trinajstić information content (AvgIpc) is 2.89. The Morgan fingerprint density at radius 1 is 1.14 bits per heavy atom. The summed E-state index contributed by atoms with van der Waals surface area (Å²) in [5, 5.41) is 3.22. The fraction of sp³-hybridized carbons (Fsp3) is 0.235. The topological polar surface area (TPSA) is 33.6 Å². The number of aryl methyl sites for hydroxylation is 1. The van der Waals surface area contributed by atoms with Crippen molar-refractivity contribution in [1.29, 1.82) is 0 Å². The molecular formula is C17H15FN2O. The largest absolute Gasteiger partial charge is 0.460 e. The predicted octanol–water partition coefficient (Wildman–Crippen LogP) is 3.81. The van der Waals surface area contributed by atoms with Gasteiger partial charge in [-0.15, -0.1) is 0 Å². The zero-order valence-corrected chi connectivity index (χ0v) is 11.5. The highest BCUT2D eigenvalue weighted by Gasteiger charge is 2.24. The van der Waals surface area contributed by atoms with Crippen LogP contribution in [0, 0.1) is 5.82 Å². The predicted molar refractivity (Wildman–Crippen MR) is 79.8 cm³/mol. The van der Waals surface area contributed by atoms with Gasteiger partial charge in [0.15, 0.2) is 0 Å². The third-order valence-corrected chi connectivity index (χ3v) is 4.05. The third-order valence-electron chi connectivity index (χ3n) is 4.05. The van der Waals surface area contributed by atoms with Crippen molar-refractivity contribution < 1.29 is 9.13 Å². The highest BCUT2D eigenvalue weighted by molar-refractivity contribution is 5.91. The molecule has 0 amide bonds. The second kappa shape index (κ2) is 4.88. The number of halogens is 1. The minimum Gasteiger partial charge on any atom is -0.460 e. The smallest absolute Gasteiger partial charge is 0.290 e. The van der Waals surface area contributed by atoms with E-state index in [1.165, 1.54) is 6.07 Å². The lowest BCUT2D eigenvalue weighted by Gasteiger charge is -2.21. The molecular weight excluding hydrogens is 267 g/mol. The lowest BCUT2D eigenvalue weighted by atomic mass is 10.1. The van der Waals surface area contributed by atoms with Crippen LogP contribution in [0.2, 0.25) is 0 Å². The van der Waals surface area contributed by atoms with Gasteiger partial charge in [-0.3, -0.25) is 0 Å². The Hall–Kier alpha value is -2.36. The van der Waals surface area contributed by atoms with Crippen molar-refractivity contribution in [3.05, 3.63) is 65.0 Å². The van der Waals surface area contributed by atoms with Crippen LogP contribution >= 0.6 is 0 Å². The van der Waals surface area contributed by atoms with E-state index in [0.717, 1.165) is 35.2 Å². The molecule has 1 atom stereocenters. The molecule has 21 heavy (non-hydrogen) atoms. The summed E-state index contributed by atoms with van der Waals surface area (Å²) >= 11 is 0. The molecule has 4 heteroatoms. The van der Waals surface area contributed by atoms with E-state index in [0.29, 0.717) is 12.6 Å². The van der Waals surface area contributed by atoms with Crippen molar-refractivity contribution in [3.63, 3.8) is 0 Å². The van der Waals surface area contributed by atoms with Crippen LogP contribution < -0.4 is 5.32 Å². The van der Waals surface area contributed by atoms with E-state index in [1.807, 2.05) is 30.3 Å². The van der Waals surface area contributed by atoms with E-state index in [2.05, 4.69) is 10.3 Å². The maximum atomic E-state index is 13.2. The molecule has 1 N–H and O–H groups in total. The fourth-order valence-electron chi connectivity index (χ4n) is 2.97. The van der Waals surface area contributed by atoms with Crippen molar-refractivity contribution in [3.8, 4) is 0 Å². The van der Waals surface area contributed by atoms with Gasteiger partial charge >= 0.3 is 0 Å². The minimum absolute atomic E-state index is 0.0494. The van der Waals surface area contributed by atoms with E-state index < -0.39 is 0 Å². The first-order chi connectivity index (χ1) is 10.3. The molecule has 0 radical (unpaired) electrons. The molecule has 2 aromatic carbocycles. The van der Waals surface area contributed by atoms with Crippen LogP contribution in [0.5, 0.6) is 0 Å². The molecule has 2 aliphatic rings. The van der Waals surface area contributed by atoms with Crippen molar-refractivity contribution in [2.24, 2.45) is 4.99 Å². The van der Waals surface area contributed by atoms with Gasteiger partial charge in [0.25, 0.3) is 6.02 Å². The first kappa shape index (κ1) is 12.4. The maximum absolute atomic E-state index is 13.2. The SMILES string of the molecule is Fc1ccc2c(c1)CCC2N=C1Nc2ccccc2CO1. The number of para-hydroxylation sites is 1. The van der Waals surface area contributed by atoms with Gasteiger partial charge in [0.2, 0.25) is 0 Å². The Labute approximate surface area is 122 Å². The normalized spacial score (nSPS) is 21.4. The number of amidine groups is 1. The summed E-state index contributed by atoms with van der Waals surface area (Å²) < 4.78 is 18.9. The second-order valence-corrected chi connectivity index (χ2v) is 5.40. The molecule has 0 saturated heterocycles. The Morgan fingerprint density at radius 3 is 3.00 bits per heavy atom. The number of anilines is 1. The zero-order chi connectivity index (χ0) is 14.2. The van der Waals surface area contributed by atoms with Crippen molar-refractivity contribution >= 4 is 11.7 Å². The first-order valence-corrected chi connectivity index (χ1v) is 7.13. The number of aliphatic imine (C=N–C) groups is 1. The van der Waals surface area contributed by atoms with Gasteiger partial charge in [0.05, 0.1) is 6.04 Å². The average molecular weight is 282 g/mol. The molecule has 0 fully saturated rings. The summed E-state index contributed by atoms with van der Waals surface area (Å²) in [7, 11) is 0. The number of nitrogens with one attached hydrogen (secondary N) is 1. The first-order valence-electron chi connectivity index (χ1n) is 7.13.